The molecule has 102 valence electrons. The van der Waals surface area contributed by atoms with Gasteiger partial charge in [0.15, 0.2) is 0 Å². The van der Waals surface area contributed by atoms with Crippen LogP contribution in [0.15, 0.2) is 29.2 Å². The Hall–Kier alpha value is -1.11. The normalized spacial score (nSPS) is 12.3. The number of benzene rings is 1. The molecule has 18 heavy (non-hydrogen) atoms. The maximum atomic E-state index is 12.4. The molecule has 0 aromatic heterocycles. The second-order valence-electron chi connectivity index (χ2n) is 4.27. The minimum absolute atomic E-state index is 0.122. The van der Waals surface area contributed by atoms with Crippen molar-refractivity contribution in [3.8, 4) is 0 Å². The summed E-state index contributed by atoms with van der Waals surface area (Å²) in [4.78, 5) is 0.251. The first-order valence-corrected chi connectivity index (χ1v) is 7.20. The monoisotopic (exact) mass is 272 g/mol. The van der Waals surface area contributed by atoms with Crippen molar-refractivity contribution in [1.29, 1.82) is 0 Å². The SMILES string of the molecule is COCCN(C(C)C)S(=O)(=O)c1ccc(N)cc1. The summed E-state index contributed by atoms with van der Waals surface area (Å²) in [5.41, 5.74) is 6.10. The molecule has 1 aromatic carbocycles. The fourth-order valence-electron chi connectivity index (χ4n) is 1.61. The van der Waals surface area contributed by atoms with Crippen LogP contribution in [0.3, 0.4) is 0 Å². The summed E-state index contributed by atoms with van der Waals surface area (Å²) in [6, 6.07) is 6.09. The predicted octanol–water partition coefficient (Wildman–Crippen LogP) is 1.31. The van der Waals surface area contributed by atoms with Gasteiger partial charge in [-0.1, -0.05) is 0 Å². The van der Waals surface area contributed by atoms with Crippen LogP contribution < -0.4 is 5.73 Å². The van der Waals surface area contributed by atoms with Crippen LogP contribution in [0.2, 0.25) is 0 Å². The fraction of sp³-hybridized carbons (Fsp3) is 0.500. The van der Waals surface area contributed by atoms with Crippen LogP contribution in [0.1, 0.15) is 13.8 Å². The molecule has 1 aromatic rings. The summed E-state index contributed by atoms with van der Waals surface area (Å²) in [6.45, 7) is 4.38. The second-order valence-corrected chi connectivity index (χ2v) is 6.16. The Morgan fingerprint density at radius 3 is 2.28 bits per heavy atom. The molecule has 0 spiro atoms. The van der Waals surface area contributed by atoms with E-state index in [2.05, 4.69) is 0 Å². The molecular weight excluding hydrogens is 252 g/mol. The molecule has 0 radical (unpaired) electrons. The first-order valence-electron chi connectivity index (χ1n) is 5.76. The van der Waals surface area contributed by atoms with Crippen molar-refractivity contribution in [2.24, 2.45) is 0 Å². The van der Waals surface area contributed by atoms with E-state index in [1.165, 1.54) is 16.4 Å². The molecule has 0 fully saturated rings. The zero-order chi connectivity index (χ0) is 13.8. The molecule has 5 nitrogen and oxygen atoms in total. The van der Waals surface area contributed by atoms with Gasteiger partial charge in [0.05, 0.1) is 11.5 Å². The van der Waals surface area contributed by atoms with Crippen molar-refractivity contribution in [1.82, 2.24) is 4.31 Å². The highest BCUT2D eigenvalue weighted by molar-refractivity contribution is 7.89. The lowest BCUT2D eigenvalue weighted by atomic mass is 10.3. The summed E-state index contributed by atoms with van der Waals surface area (Å²) in [5, 5.41) is 0. The summed E-state index contributed by atoms with van der Waals surface area (Å²) in [6.07, 6.45) is 0. The minimum atomic E-state index is -3.49. The summed E-state index contributed by atoms with van der Waals surface area (Å²) in [7, 11) is -1.94. The lowest BCUT2D eigenvalue weighted by Gasteiger charge is -2.25. The smallest absolute Gasteiger partial charge is 0.243 e. The third-order valence-corrected chi connectivity index (χ3v) is 4.67. The molecule has 1 rings (SSSR count). The van der Waals surface area contributed by atoms with Gasteiger partial charge in [-0.2, -0.15) is 4.31 Å². The molecule has 0 aliphatic heterocycles. The molecule has 0 bridgehead atoms. The Labute approximate surface area is 109 Å². The second kappa shape index (κ2) is 6.17. The van der Waals surface area contributed by atoms with Crippen molar-refractivity contribution in [2.45, 2.75) is 24.8 Å². The van der Waals surface area contributed by atoms with Crippen molar-refractivity contribution in [3.05, 3.63) is 24.3 Å². The highest BCUT2D eigenvalue weighted by atomic mass is 32.2. The van der Waals surface area contributed by atoms with Crippen LogP contribution in [0.25, 0.3) is 0 Å². The van der Waals surface area contributed by atoms with E-state index in [4.69, 9.17) is 10.5 Å². The van der Waals surface area contributed by atoms with Gasteiger partial charge < -0.3 is 10.5 Å². The molecule has 0 aliphatic rings. The zero-order valence-electron chi connectivity index (χ0n) is 11.0. The standard InChI is InChI=1S/C12H20N2O3S/c1-10(2)14(8-9-17-3)18(15,16)12-6-4-11(13)5-7-12/h4-7,10H,8-9,13H2,1-3H3. The number of methoxy groups -OCH3 is 1. The van der Waals surface area contributed by atoms with Gasteiger partial charge in [-0.05, 0) is 38.1 Å². The van der Waals surface area contributed by atoms with Gasteiger partial charge in [-0.3, -0.25) is 0 Å². The number of nitrogens with zero attached hydrogens (tertiary/aromatic N) is 1. The molecular formula is C12H20N2O3S. The van der Waals surface area contributed by atoms with E-state index < -0.39 is 10.0 Å². The van der Waals surface area contributed by atoms with Gasteiger partial charge in [0.1, 0.15) is 0 Å². The van der Waals surface area contributed by atoms with Crippen LogP contribution in [-0.4, -0.2) is 39.0 Å². The Morgan fingerprint density at radius 1 is 1.28 bits per heavy atom. The first-order chi connectivity index (χ1) is 8.39. The largest absolute Gasteiger partial charge is 0.399 e. The molecule has 0 amide bonds. The number of sulfonamides is 1. The van der Waals surface area contributed by atoms with E-state index in [-0.39, 0.29) is 10.9 Å². The van der Waals surface area contributed by atoms with E-state index in [9.17, 15) is 8.42 Å². The van der Waals surface area contributed by atoms with E-state index in [1.807, 2.05) is 13.8 Å². The average molecular weight is 272 g/mol. The average Bonchev–Trinajstić information content (AvgIpc) is 2.29. The molecule has 6 heteroatoms. The number of nitrogens with two attached hydrogens (primary N) is 1. The van der Waals surface area contributed by atoms with Gasteiger partial charge in [-0.25, -0.2) is 8.42 Å². The van der Waals surface area contributed by atoms with Gasteiger partial charge in [0.2, 0.25) is 10.0 Å². The third-order valence-electron chi connectivity index (χ3n) is 2.58. The number of ether oxygens (including phenoxy) is 1. The van der Waals surface area contributed by atoms with Crippen LogP contribution in [0.4, 0.5) is 5.69 Å². The number of anilines is 1. The summed E-state index contributed by atoms with van der Waals surface area (Å²) >= 11 is 0. The van der Waals surface area contributed by atoms with Crippen molar-refractivity contribution in [3.63, 3.8) is 0 Å². The molecule has 0 atom stereocenters. The first kappa shape index (κ1) is 14.9. The number of hydrogen-bond donors (Lipinski definition) is 1. The third kappa shape index (κ3) is 3.44. The van der Waals surface area contributed by atoms with Gasteiger partial charge in [0.25, 0.3) is 0 Å². The lowest BCUT2D eigenvalue weighted by molar-refractivity contribution is 0.171. The van der Waals surface area contributed by atoms with E-state index >= 15 is 0 Å². The molecule has 0 aliphatic carbocycles. The lowest BCUT2D eigenvalue weighted by Crippen LogP contribution is -2.39. The maximum Gasteiger partial charge on any atom is 0.243 e. The highest BCUT2D eigenvalue weighted by Crippen LogP contribution is 2.19. The quantitative estimate of drug-likeness (QED) is 0.793. The number of hydrogen-bond acceptors (Lipinski definition) is 4. The fourth-order valence-corrected chi connectivity index (χ4v) is 3.23. The van der Waals surface area contributed by atoms with Crippen LogP contribution in [-0.2, 0) is 14.8 Å². The number of nitrogen functional groups attached to an aromatic ring is 1. The van der Waals surface area contributed by atoms with Gasteiger partial charge >= 0.3 is 0 Å². The minimum Gasteiger partial charge on any atom is -0.399 e. The Balaban J connectivity index is 3.05. The topological polar surface area (TPSA) is 72.6 Å². The van der Waals surface area contributed by atoms with Gasteiger partial charge in [-0.15, -0.1) is 0 Å². The Morgan fingerprint density at radius 2 is 1.83 bits per heavy atom. The maximum absolute atomic E-state index is 12.4. The predicted molar refractivity (Wildman–Crippen MR) is 71.8 cm³/mol. The van der Waals surface area contributed by atoms with E-state index in [1.54, 1.807) is 19.2 Å². The van der Waals surface area contributed by atoms with Crippen LogP contribution in [0, 0.1) is 0 Å². The van der Waals surface area contributed by atoms with Crippen molar-refractivity contribution >= 4 is 15.7 Å². The summed E-state index contributed by atoms with van der Waals surface area (Å²) < 4.78 is 31.2. The highest BCUT2D eigenvalue weighted by Gasteiger charge is 2.26. The molecule has 2 N–H and O–H groups in total. The summed E-state index contributed by atoms with van der Waals surface area (Å²) in [5.74, 6) is 0. The van der Waals surface area contributed by atoms with E-state index in [0.29, 0.717) is 18.8 Å². The number of rotatable bonds is 6. The van der Waals surface area contributed by atoms with Crippen LogP contribution >= 0.6 is 0 Å². The Kier molecular flexibility index (Phi) is 5.13. The molecule has 0 heterocycles. The van der Waals surface area contributed by atoms with Crippen LogP contribution in [0.5, 0.6) is 0 Å². The zero-order valence-corrected chi connectivity index (χ0v) is 11.8. The molecule has 0 saturated carbocycles. The van der Waals surface area contributed by atoms with Crippen molar-refractivity contribution < 1.29 is 13.2 Å². The van der Waals surface area contributed by atoms with Crippen molar-refractivity contribution in [2.75, 3.05) is 26.0 Å². The van der Waals surface area contributed by atoms with Gasteiger partial charge in [0, 0.05) is 25.4 Å². The Bertz CT molecular complexity index is 469. The molecule has 0 saturated heterocycles. The van der Waals surface area contributed by atoms with E-state index in [0.717, 1.165) is 0 Å². The molecule has 0 unspecified atom stereocenters.